The molecule has 2 atom stereocenters. The minimum absolute atomic E-state index is 0.0684. The predicted molar refractivity (Wildman–Crippen MR) is 83.0 cm³/mol. The number of hydrogen-bond acceptors (Lipinski definition) is 3. The second kappa shape index (κ2) is 7.66. The molecule has 2 amide bonds. The van der Waals surface area contributed by atoms with Crippen molar-refractivity contribution in [3.05, 3.63) is 0 Å². The zero-order chi connectivity index (χ0) is 16.0. The van der Waals surface area contributed by atoms with E-state index in [9.17, 15) is 9.59 Å². The first-order valence-corrected chi connectivity index (χ1v) is 8.03. The second-order valence-corrected chi connectivity index (χ2v) is 7.00. The largest absolute Gasteiger partial charge is 0.444 e. The molecule has 1 saturated carbocycles. The number of hydrogen-bond donors (Lipinski definition) is 2. The molecule has 0 aliphatic heterocycles. The van der Waals surface area contributed by atoms with Crippen LogP contribution in [-0.2, 0) is 9.53 Å². The highest BCUT2D eigenvalue weighted by Gasteiger charge is 2.30. The monoisotopic (exact) mass is 298 g/mol. The van der Waals surface area contributed by atoms with Gasteiger partial charge in [-0.25, -0.2) is 4.79 Å². The molecular formula is C16H30N2O3. The molecule has 0 aromatic rings. The summed E-state index contributed by atoms with van der Waals surface area (Å²) in [5.41, 5.74) is -0.563. The fraction of sp³-hybridized carbons (Fsp3) is 0.875. The Morgan fingerprint density at radius 3 is 2.29 bits per heavy atom. The Morgan fingerprint density at radius 2 is 1.81 bits per heavy atom. The second-order valence-electron chi connectivity index (χ2n) is 7.00. The van der Waals surface area contributed by atoms with E-state index in [-0.39, 0.29) is 17.9 Å². The average molecular weight is 298 g/mol. The lowest BCUT2D eigenvalue weighted by molar-refractivity contribution is -0.125. The first kappa shape index (κ1) is 17.8. The van der Waals surface area contributed by atoms with Crippen LogP contribution in [0, 0.1) is 5.92 Å². The van der Waals surface area contributed by atoms with Crippen LogP contribution >= 0.6 is 0 Å². The molecule has 21 heavy (non-hydrogen) atoms. The van der Waals surface area contributed by atoms with Gasteiger partial charge in [0.05, 0.1) is 0 Å². The van der Waals surface area contributed by atoms with Crippen molar-refractivity contribution < 1.29 is 14.3 Å². The number of nitrogens with one attached hydrogen (secondary N) is 2. The van der Waals surface area contributed by atoms with Gasteiger partial charge in [0.25, 0.3) is 0 Å². The Labute approximate surface area is 128 Å². The maximum atomic E-state index is 12.4. The van der Waals surface area contributed by atoms with Crippen LogP contribution in [0.2, 0.25) is 0 Å². The SMILES string of the molecule is CC[C@H](C)[C@H](NC(=O)OC(C)(C)C)C(=O)NC1CCCC1. The van der Waals surface area contributed by atoms with Crippen molar-refractivity contribution in [3.8, 4) is 0 Å². The summed E-state index contributed by atoms with van der Waals surface area (Å²) in [7, 11) is 0. The highest BCUT2D eigenvalue weighted by Crippen LogP contribution is 2.18. The topological polar surface area (TPSA) is 67.4 Å². The van der Waals surface area contributed by atoms with Crippen molar-refractivity contribution in [1.29, 1.82) is 0 Å². The number of alkyl carbamates (subject to hydrolysis) is 1. The molecule has 0 aromatic carbocycles. The summed E-state index contributed by atoms with van der Waals surface area (Å²) in [6.07, 6.45) is 4.68. The molecule has 5 heteroatoms. The fourth-order valence-electron chi connectivity index (χ4n) is 2.50. The molecule has 2 N–H and O–H groups in total. The van der Waals surface area contributed by atoms with Crippen LogP contribution in [0.3, 0.4) is 0 Å². The van der Waals surface area contributed by atoms with Crippen molar-refractivity contribution in [2.24, 2.45) is 5.92 Å². The first-order valence-electron chi connectivity index (χ1n) is 8.03. The number of ether oxygens (including phenoxy) is 1. The smallest absolute Gasteiger partial charge is 0.408 e. The van der Waals surface area contributed by atoms with Crippen molar-refractivity contribution in [3.63, 3.8) is 0 Å². The maximum Gasteiger partial charge on any atom is 0.408 e. The number of rotatable bonds is 5. The Bertz CT molecular complexity index is 357. The maximum absolute atomic E-state index is 12.4. The Hall–Kier alpha value is -1.26. The van der Waals surface area contributed by atoms with Gasteiger partial charge in [-0.2, -0.15) is 0 Å². The standard InChI is InChI=1S/C16H30N2O3/c1-6-11(2)13(18-15(20)21-16(3,4)5)14(19)17-12-9-7-8-10-12/h11-13H,6-10H2,1-5H3,(H,17,19)(H,18,20)/t11-,13-/m0/s1. The first-order chi connectivity index (χ1) is 9.73. The normalized spacial score (nSPS) is 18.9. The van der Waals surface area contributed by atoms with E-state index in [4.69, 9.17) is 4.74 Å². The van der Waals surface area contributed by atoms with Gasteiger partial charge in [-0.15, -0.1) is 0 Å². The van der Waals surface area contributed by atoms with Crippen LogP contribution in [0.1, 0.15) is 66.7 Å². The quantitative estimate of drug-likeness (QED) is 0.820. The lowest BCUT2D eigenvalue weighted by Crippen LogP contribution is -2.53. The van der Waals surface area contributed by atoms with E-state index in [2.05, 4.69) is 10.6 Å². The lowest BCUT2D eigenvalue weighted by Gasteiger charge is -2.27. The summed E-state index contributed by atoms with van der Waals surface area (Å²) in [6, 6.07) is -0.282. The fourth-order valence-corrected chi connectivity index (χ4v) is 2.50. The summed E-state index contributed by atoms with van der Waals surface area (Å²) < 4.78 is 5.25. The third-order valence-electron chi connectivity index (χ3n) is 3.87. The van der Waals surface area contributed by atoms with E-state index in [0.29, 0.717) is 0 Å². The van der Waals surface area contributed by atoms with Crippen LogP contribution in [0.4, 0.5) is 4.79 Å². The molecule has 0 saturated heterocycles. The van der Waals surface area contributed by atoms with E-state index >= 15 is 0 Å². The molecule has 5 nitrogen and oxygen atoms in total. The van der Waals surface area contributed by atoms with Crippen LogP contribution in [-0.4, -0.2) is 29.7 Å². The number of amides is 2. The third-order valence-corrected chi connectivity index (χ3v) is 3.87. The molecule has 0 spiro atoms. The van der Waals surface area contributed by atoms with Gasteiger partial charge in [0, 0.05) is 6.04 Å². The molecule has 0 aromatic heterocycles. The van der Waals surface area contributed by atoms with Crippen LogP contribution in [0.15, 0.2) is 0 Å². The Morgan fingerprint density at radius 1 is 1.24 bits per heavy atom. The van der Waals surface area contributed by atoms with E-state index in [1.807, 2.05) is 34.6 Å². The van der Waals surface area contributed by atoms with Crippen molar-refractivity contribution >= 4 is 12.0 Å². The van der Waals surface area contributed by atoms with Gasteiger partial charge in [0.15, 0.2) is 0 Å². The molecular weight excluding hydrogens is 268 g/mol. The van der Waals surface area contributed by atoms with E-state index < -0.39 is 17.7 Å². The van der Waals surface area contributed by atoms with Gasteiger partial charge in [0.2, 0.25) is 5.91 Å². The van der Waals surface area contributed by atoms with Crippen molar-refractivity contribution in [2.45, 2.75) is 84.4 Å². The van der Waals surface area contributed by atoms with Gasteiger partial charge < -0.3 is 15.4 Å². The summed E-state index contributed by atoms with van der Waals surface area (Å²) in [6.45, 7) is 9.41. The molecule has 122 valence electrons. The zero-order valence-corrected chi connectivity index (χ0v) is 14.0. The number of carbonyl (C=O) groups is 2. The lowest BCUT2D eigenvalue weighted by atomic mass is 9.98. The van der Waals surface area contributed by atoms with Gasteiger partial charge >= 0.3 is 6.09 Å². The van der Waals surface area contributed by atoms with E-state index in [1.165, 1.54) is 12.8 Å². The summed E-state index contributed by atoms with van der Waals surface area (Å²) in [4.78, 5) is 24.3. The molecule has 0 unspecified atom stereocenters. The van der Waals surface area contributed by atoms with Gasteiger partial charge in [-0.1, -0.05) is 33.1 Å². The van der Waals surface area contributed by atoms with Gasteiger partial charge in [-0.3, -0.25) is 4.79 Å². The summed E-state index contributed by atoms with van der Waals surface area (Å²) >= 11 is 0. The van der Waals surface area contributed by atoms with Gasteiger partial charge in [0.1, 0.15) is 11.6 Å². The van der Waals surface area contributed by atoms with E-state index in [0.717, 1.165) is 19.3 Å². The zero-order valence-electron chi connectivity index (χ0n) is 14.0. The minimum Gasteiger partial charge on any atom is -0.444 e. The minimum atomic E-state index is -0.563. The summed E-state index contributed by atoms with van der Waals surface area (Å²) in [5.74, 6) is -0.0268. The molecule has 1 aliphatic carbocycles. The summed E-state index contributed by atoms with van der Waals surface area (Å²) in [5, 5.41) is 5.78. The van der Waals surface area contributed by atoms with Crippen molar-refractivity contribution in [2.75, 3.05) is 0 Å². The number of carbonyl (C=O) groups excluding carboxylic acids is 2. The van der Waals surface area contributed by atoms with Crippen molar-refractivity contribution in [1.82, 2.24) is 10.6 Å². The molecule has 0 bridgehead atoms. The molecule has 1 aliphatic rings. The third kappa shape index (κ3) is 6.36. The Balaban J connectivity index is 2.61. The molecule has 1 fully saturated rings. The van der Waals surface area contributed by atoms with Crippen LogP contribution in [0.25, 0.3) is 0 Å². The highest BCUT2D eigenvalue weighted by atomic mass is 16.6. The highest BCUT2D eigenvalue weighted by molar-refractivity contribution is 5.86. The average Bonchev–Trinajstić information content (AvgIpc) is 2.85. The molecule has 1 rings (SSSR count). The van der Waals surface area contributed by atoms with Crippen LogP contribution in [0.5, 0.6) is 0 Å². The predicted octanol–water partition coefficient (Wildman–Crippen LogP) is 2.98. The Kier molecular flexibility index (Phi) is 6.49. The van der Waals surface area contributed by atoms with E-state index in [1.54, 1.807) is 0 Å². The van der Waals surface area contributed by atoms with Gasteiger partial charge in [-0.05, 0) is 39.5 Å². The molecule has 0 radical (unpaired) electrons. The molecule has 0 heterocycles. The van der Waals surface area contributed by atoms with Crippen LogP contribution < -0.4 is 10.6 Å².